The van der Waals surface area contributed by atoms with Gasteiger partial charge >= 0.3 is 5.97 Å². The molecule has 0 radical (unpaired) electrons. The Bertz CT molecular complexity index is 1670. The molecule has 0 bridgehead atoms. The van der Waals surface area contributed by atoms with Crippen molar-refractivity contribution in [1.82, 2.24) is 25.1 Å². The largest absolute Gasteiger partial charge is 0.465 e. The van der Waals surface area contributed by atoms with E-state index >= 15 is 0 Å². The number of aromatic amines is 1. The molecule has 0 saturated carbocycles. The van der Waals surface area contributed by atoms with Crippen LogP contribution in [0.2, 0.25) is 0 Å². The second kappa shape index (κ2) is 10.0. The normalized spacial score (nSPS) is 16.5. The Morgan fingerprint density at radius 2 is 2.00 bits per heavy atom. The number of hydrogen-bond acceptors (Lipinski definition) is 9. The van der Waals surface area contributed by atoms with Gasteiger partial charge in [-0.3, -0.25) is 5.10 Å². The van der Waals surface area contributed by atoms with Gasteiger partial charge in [-0.15, -0.1) is 11.3 Å². The lowest BCUT2D eigenvalue weighted by molar-refractivity contribution is 0.0583. The van der Waals surface area contributed by atoms with Gasteiger partial charge in [0.1, 0.15) is 22.2 Å². The van der Waals surface area contributed by atoms with Crippen LogP contribution in [0.15, 0.2) is 67.3 Å². The van der Waals surface area contributed by atoms with Crippen LogP contribution in [-0.2, 0) is 16.8 Å². The average Bonchev–Trinajstić information content (AvgIpc) is 3.66. The standard InChI is InChI=1S/C29H26N6O3S/c1-17-10-23(34-26(11-17)35-25-13-18(7-9-30-25)21-14-32-33-15-21)24-16-31-28(39-24)29(37)8-3-4-19-12-20(27(36)38-2)5-6-22(19)29/h5-7,9-16,37H,3-4,8H2,1-2H3,(H,32,33)(H,30,34,35). The molecule has 4 aromatic heterocycles. The number of pyridine rings is 2. The number of aromatic nitrogens is 5. The minimum Gasteiger partial charge on any atom is -0.465 e. The Labute approximate surface area is 229 Å². The van der Waals surface area contributed by atoms with Crippen molar-refractivity contribution in [3.63, 3.8) is 0 Å². The maximum atomic E-state index is 12.0. The highest BCUT2D eigenvalue weighted by atomic mass is 32.1. The number of nitrogens with one attached hydrogen (secondary N) is 2. The number of hydrogen-bond donors (Lipinski definition) is 3. The minimum atomic E-state index is -1.23. The van der Waals surface area contributed by atoms with Crippen LogP contribution in [0.3, 0.4) is 0 Å². The third-order valence-electron chi connectivity index (χ3n) is 6.89. The van der Waals surface area contributed by atoms with E-state index < -0.39 is 5.60 Å². The SMILES string of the molecule is COC(=O)c1ccc2c(c1)CCCC2(O)c1ncc(-c2cc(C)cc(Nc3cc(-c4cn[nH]c4)ccn3)n2)s1. The third-order valence-corrected chi connectivity index (χ3v) is 8.06. The van der Waals surface area contributed by atoms with E-state index in [1.807, 2.05) is 49.5 Å². The summed E-state index contributed by atoms with van der Waals surface area (Å²) in [6, 6.07) is 13.2. The Kier molecular flexibility index (Phi) is 6.41. The van der Waals surface area contributed by atoms with Crippen molar-refractivity contribution < 1.29 is 14.6 Å². The second-order valence-electron chi connectivity index (χ2n) is 9.56. The number of carbonyl (C=O) groups is 1. The van der Waals surface area contributed by atoms with Crippen molar-refractivity contribution in [3.05, 3.63) is 94.5 Å². The number of carbonyl (C=O) groups excluding carboxylic acids is 1. The lowest BCUT2D eigenvalue weighted by atomic mass is 9.79. The van der Waals surface area contributed by atoms with Crippen LogP contribution < -0.4 is 5.32 Å². The first-order chi connectivity index (χ1) is 18.9. The summed E-state index contributed by atoms with van der Waals surface area (Å²) in [5, 5.41) is 22.6. The van der Waals surface area contributed by atoms with E-state index in [9.17, 15) is 9.90 Å². The molecule has 1 aromatic carbocycles. The molecule has 196 valence electrons. The number of nitrogens with zero attached hydrogens (tertiary/aromatic N) is 4. The molecule has 0 spiro atoms. The van der Waals surface area contributed by atoms with Crippen molar-refractivity contribution in [3.8, 4) is 21.7 Å². The van der Waals surface area contributed by atoms with Gasteiger partial charge in [0, 0.05) is 24.2 Å². The molecule has 6 rings (SSSR count). The summed E-state index contributed by atoms with van der Waals surface area (Å²) in [6.45, 7) is 2.01. The van der Waals surface area contributed by atoms with E-state index in [1.54, 1.807) is 24.7 Å². The number of esters is 1. The number of rotatable bonds is 6. The monoisotopic (exact) mass is 538 g/mol. The Balaban J connectivity index is 1.29. The number of methoxy groups -OCH3 is 1. The van der Waals surface area contributed by atoms with Gasteiger partial charge in [0.15, 0.2) is 0 Å². The number of aliphatic hydroxyl groups is 1. The molecule has 3 N–H and O–H groups in total. The summed E-state index contributed by atoms with van der Waals surface area (Å²) >= 11 is 1.43. The highest BCUT2D eigenvalue weighted by molar-refractivity contribution is 7.15. The van der Waals surface area contributed by atoms with Crippen molar-refractivity contribution in [2.24, 2.45) is 0 Å². The Hall–Kier alpha value is -4.41. The molecule has 0 fully saturated rings. The summed E-state index contributed by atoms with van der Waals surface area (Å²) in [7, 11) is 1.37. The van der Waals surface area contributed by atoms with Gasteiger partial charge in [-0.05, 0) is 84.8 Å². The Morgan fingerprint density at radius 3 is 2.82 bits per heavy atom. The van der Waals surface area contributed by atoms with Crippen LogP contribution in [0.25, 0.3) is 21.7 Å². The molecule has 9 nitrogen and oxygen atoms in total. The van der Waals surface area contributed by atoms with Crippen LogP contribution >= 0.6 is 11.3 Å². The number of benzene rings is 1. The van der Waals surface area contributed by atoms with Gasteiger partial charge in [-0.1, -0.05) is 6.07 Å². The number of fused-ring (bicyclic) bond motifs is 1. The summed E-state index contributed by atoms with van der Waals surface area (Å²) in [5.74, 6) is 0.942. The van der Waals surface area contributed by atoms with Crippen LogP contribution in [0.4, 0.5) is 11.6 Å². The molecule has 1 unspecified atom stereocenters. The van der Waals surface area contributed by atoms with Crippen LogP contribution in [0.1, 0.15) is 44.9 Å². The maximum absolute atomic E-state index is 12.0. The molecular formula is C29H26N6O3S. The van der Waals surface area contributed by atoms with E-state index in [4.69, 9.17) is 9.72 Å². The summed E-state index contributed by atoms with van der Waals surface area (Å²) in [4.78, 5) is 26.8. The molecule has 4 heterocycles. The van der Waals surface area contributed by atoms with Gasteiger partial charge < -0.3 is 15.2 Å². The van der Waals surface area contributed by atoms with Crippen molar-refractivity contribution in [2.75, 3.05) is 12.4 Å². The van der Waals surface area contributed by atoms with Crippen molar-refractivity contribution in [2.45, 2.75) is 31.8 Å². The van der Waals surface area contributed by atoms with Gasteiger partial charge in [-0.2, -0.15) is 5.10 Å². The van der Waals surface area contributed by atoms with Gasteiger partial charge in [0.05, 0.1) is 29.4 Å². The highest BCUT2D eigenvalue weighted by Gasteiger charge is 2.39. The number of thiazole rings is 1. The number of aryl methyl sites for hydroxylation is 2. The van der Waals surface area contributed by atoms with Crippen LogP contribution in [-0.4, -0.2) is 43.3 Å². The molecule has 39 heavy (non-hydrogen) atoms. The molecule has 1 aliphatic carbocycles. The predicted molar refractivity (Wildman–Crippen MR) is 149 cm³/mol. The minimum absolute atomic E-state index is 0.387. The van der Waals surface area contributed by atoms with E-state index in [1.165, 1.54) is 18.4 Å². The summed E-state index contributed by atoms with van der Waals surface area (Å²) in [5.41, 5.74) is 4.72. The molecule has 1 aliphatic rings. The number of anilines is 2. The lowest BCUT2D eigenvalue weighted by Crippen LogP contribution is -2.32. The first-order valence-corrected chi connectivity index (χ1v) is 13.4. The first-order valence-electron chi connectivity index (χ1n) is 12.5. The second-order valence-corrected chi connectivity index (χ2v) is 10.6. The van der Waals surface area contributed by atoms with E-state index in [0.717, 1.165) is 51.2 Å². The van der Waals surface area contributed by atoms with Gasteiger partial charge in [0.2, 0.25) is 0 Å². The number of ether oxygens (including phenoxy) is 1. The Morgan fingerprint density at radius 1 is 1.10 bits per heavy atom. The van der Waals surface area contributed by atoms with Crippen molar-refractivity contribution in [1.29, 1.82) is 0 Å². The van der Waals surface area contributed by atoms with Gasteiger partial charge in [0.25, 0.3) is 0 Å². The van der Waals surface area contributed by atoms with Crippen LogP contribution in [0.5, 0.6) is 0 Å². The molecule has 0 amide bonds. The first kappa shape index (κ1) is 24.9. The van der Waals surface area contributed by atoms with E-state index in [2.05, 4.69) is 25.5 Å². The third kappa shape index (κ3) is 4.80. The molecule has 0 saturated heterocycles. The molecular weight excluding hydrogens is 512 g/mol. The molecule has 0 aliphatic heterocycles. The van der Waals surface area contributed by atoms with E-state index in [0.29, 0.717) is 28.6 Å². The predicted octanol–water partition coefficient (Wildman–Crippen LogP) is 5.40. The fourth-order valence-corrected chi connectivity index (χ4v) is 6.01. The zero-order valence-electron chi connectivity index (χ0n) is 21.4. The fourth-order valence-electron chi connectivity index (χ4n) is 5.00. The zero-order valence-corrected chi connectivity index (χ0v) is 22.2. The topological polar surface area (TPSA) is 126 Å². The molecule has 5 aromatic rings. The van der Waals surface area contributed by atoms with E-state index in [-0.39, 0.29) is 5.97 Å². The highest BCUT2D eigenvalue weighted by Crippen LogP contribution is 2.43. The average molecular weight is 539 g/mol. The van der Waals surface area contributed by atoms with Crippen molar-refractivity contribution >= 4 is 28.9 Å². The van der Waals surface area contributed by atoms with Crippen LogP contribution in [0, 0.1) is 6.92 Å². The zero-order chi connectivity index (χ0) is 27.0. The van der Waals surface area contributed by atoms with Gasteiger partial charge in [-0.25, -0.2) is 19.7 Å². The smallest absolute Gasteiger partial charge is 0.337 e. The fraction of sp³-hybridized carbons (Fsp3) is 0.207. The maximum Gasteiger partial charge on any atom is 0.337 e. The lowest BCUT2D eigenvalue weighted by Gasteiger charge is -2.33. The summed E-state index contributed by atoms with van der Waals surface area (Å²) in [6.07, 6.45) is 9.22. The summed E-state index contributed by atoms with van der Waals surface area (Å²) < 4.78 is 4.86. The molecule has 10 heteroatoms. The number of H-pyrrole nitrogens is 1. The molecule has 1 atom stereocenters. The quantitative estimate of drug-likeness (QED) is 0.245.